The van der Waals surface area contributed by atoms with Crippen LogP contribution in [0.2, 0.25) is 10.0 Å². The summed E-state index contributed by atoms with van der Waals surface area (Å²) in [6, 6.07) is 12.0. The van der Waals surface area contributed by atoms with Gasteiger partial charge in [0.25, 0.3) is 0 Å². The number of nitrogens with one attached hydrogen (secondary N) is 1. The summed E-state index contributed by atoms with van der Waals surface area (Å²) >= 11 is 12.3. The van der Waals surface area contributed by atoms with Gasteiger partial charge in [-0.3, -0.25) is 0 Å². The Labute approximate surface area is 144 Å². The van der Waals surface area contributed by atoms with Crippen LogP contribution in [0.1, 0.15) is 11.1 Å². The van der Waals surface area contributed by atoms with E-state index in [1.165, 1.54) is 11.3 Å². The van der Waals surface area contributed by atoms with Gasteiger partial charge in [-0.2, -0.15) is 0 Å². The van der Waals surface area contributed by atoms with Gasteiger partial charge < -0.3 is 5.32 Å². The number of hydrogen-bond acceptors (Lipinski definition) is 3. The maximum Gasteiger partial charge on any atom is 0.113 e. The number of nitrogens with zero attached hydrogens (tertiary/aromatic N) is 3. The lowest BCUT2D eigenvalue weighted by molar-refractivity contribution is 0.650. The lowest BCUT2D eigenvalue weighted by Gasteiger charge is -2.05. The number of rotatable bonds is 3. The fourth-order valence-corrected chi connectivity index (χ4v) is 3.18. The summed E-state index contributed by atoms with van der Waals surface area (Å²) in [5.74, 6) is 0. The van der Waals surface area contributed by atoms with Gasteiger partial charge in [0.05, 0.1) is 22.8 Å². The van der Waals surface area contributed by atoms with Crippen molar-refractivity contribution in [3.8, 4) is 11.3 Å². The first kappa shape index (κ1) is 14.5. The lowest BCUT2D eigenvalue weighted by atomic mass is 10.1. The molecule has 6 heteroatoms. The van der Waals surface area contributed by atoms with E-state index in [2.05, 4.69) is 33.8 Å². The number of anilines is 1. The van der Waals surface area contributed by atoms with Crippen LogP contribution in [0.4, 0.5) is 5.69 Å². The summed E-state index contributed by atoms with van der Waals surface area (Å²) in [4.78, 5) is 0. The molecule has 23 heavy (non-hydrogen) atoms. The van der Waals surface area contributed by atoms with Gasteiger partial charge in [0.1, 0.15) is 5.69 Å². The van der Waals surface area contributed by atoms with Crippen molar-refractivity contribution >= 4 is 28.9 Å². The summed E-state index contributed by atoms with van der Waals surface area (Å²) in [5.41, 5.74) is 5.37. The van der Waals surface area contributed by atoms with Crippen molar-refractivity contribution in [3.05, 3.63) is 63.8 Å². The maximum atomic E-state index is 6.23. The van der Waals surface area contributed by atoms with E-state index < -0.39 is 0 Å². The van der Waals surface area contributed by atoms with Crippen LogP contribution in [0.15, 0.2) is 42.6 Å². The highest BCUT2D eigenvalue weighted by atomic mass is 35.5. The Morgan fingerprint density at radius 1 is 1.17 bits per heavy atom. The molecule has 0 unspecified atom stereocenters. The zero-order chi connectivity index (χ0) is 15.8. The highest BCUT2D eigenvalue weighted by molar-refractivity contribution is 6.42. The molecule has 0 saturated carbocycles. The molecule has 0 radical (unpaired) electrons. The van der Waals surface area contributed by atoms with E-state index >= 15 is 0 Å². The van der Waals surface area contributed by atoms with E-state index in [1.807, 2.05) is 18.3 Å². The first-order chi connectivity index (χ1) is 11.2. The molecule has 3 aromatic rings. The minimum absolute atomic E-state index is 0.537. The number of benzene rings is 2. The maximum absolute atomic E-state index is 6.23. The van der Waals surface area contributed by atoms with Crippen molar-refractivity contribution < 1.29 is 0 Å². The molecule has 1 aliphatic rings. The SMILES string of the molecule is Clc1cccc(Cn2cc(-c3ccc4c(c3)NCC4)nn2)c1Cl. The van der Waals surface area contributed by atoms with E-state index in [1.54, 1.807) is 10.7 Å². The predicted octanol–water partition coefficient (Wildman–Crippen LogP) is 4.27. The predicted molar refractivity (Wildman–Crippen MR) is 93.2 cm³/mol. The molecular weight excluding hydrogens is 331 g/mol. The summed E-state index contributed by atoms with van der Waals surface area (Å²) in [7, 11) is 0. The molecule has 116 valence electrons. The van der Waals surface area contributed by atoms with Gasteiger partial charge >= 0.3 is 0 Å². The summed E-state index contributed by atoms with van der Waals surface area (Å²) in [5, 5.41) is 13.0. The number of aromatic nitrogens is 3. The normalized spacial score (nSPS) is 13.0. The van der Waals surface area contributed by atoms with Crippen LogP contribution in [0.5, 0.6) is 0 Å². The third kappa shape index (κ3) is 2.80. The van der Waals surface area contributed by atoms with Gasteiger partial charge in [-0.1, -0.05) is 52.7 Å². The van der Waals surface area contributed by atoms with E-state index in [-0.39, 0.29) is 0 Å². The smallest absolute Gasteiger partial charge is 0.113 e. The van der Waals surface area contributed by atoms with Crippen LogP contribution in [-0.2, 0) is 13.0 Å². The molecule has 1 N–H and O–H groups in total. The molecule has 0 atom stereocenters. The van der Waals surface area contributed by atoms with Crippen LogP contribution < -0.4 is 5.32 Å². The molecule has 2 aromatic carbocycles. The third-order valence-corrected chi connectivity index (χ3v) is 4.88. The van der Waals surface area contributed by atoms with Gasteiger partial charge in [-0.25, -0.2) is 4.68 Å². The quantitative estimate of drug-likeness (QED) is 0.771. The fourth-order valence-electron chi connectivity index (χ4n) is 2.80. The molecular formula is C17H14Cl2N4. The minimum Gasteiger partial charge on any atom is -0.384 e. The zero-order valence-electron chi connectivity index (χ0n) is 12.3. The number of hydrogen-bond donors (Lipinski definition) is 1. The standard InChI is InChI=1S/C17H14Cl2N4/c18-14-3-1-2-13(17(14)19)9-23-10-16(21-22-23)12-5-4-11-6-7-20-15(11)8-12/h1-5,8,10,20H,6-7,9H2. The van der Waals surface area contributed by atoms with Gasteiger partial charge in [0, 0.05) is 17.8 Å². The van der Waals surface area contributed by atoms with Crippen LogP contribution in [0.3, 0.4) is 0 Å². The molecule has 4 nitrogen and oxygen atoms in total. The van der Waals surface area contributed by atoms with E-state index in [9.17, 15) is 0 Å². The molecule has 0 aliphatic carbocycles. The second kappa shape index (κ2) is 5.87. The first-order valence-electron chi connectivity index (χ1n) is 7.41. The van der Waals surface area contributed by atoms with Crippen molar-refractivity contribution in [1.82, 2.24) is 15.0 Å². The Morgan fingerprint density at radius 2 is 2.09 bits per heavy atom. The fraction of sp³-hybridized carbons (Fsp3) is 0.176. The van der Waals surface area contributed by atoms with Crippen molar-refractivity contribution in [2.24, 2.45) is 0 Å². The number of halogens is 2. The molecule has 2 heterocycles. The van der Waals surface area contributed by atoms with Crippen molar-refractivity contribution in [2.75, 3.05) is 11.9 Å². The highest BCUT2D eigenvalue weighted by Crippen LogP contribution is 2.29. The Morgan fingerprint density at radius 3 is 3.00 bits per heavy atom. The summed E-state index contributed by atoms with van der Waals surface area (Å²) in [6.07, 6.45) is 3.00. The third-order valence-electron chi connectivity index (χ3n) is 4.02. The molecule has 1 aromatic heterocycles. The second-order valence-electron chi connectivity index (χ2n) is 5.56. The second-order valence-corrected chi connectivity index (χ2v) is 6.35. The molecule has 1 aliphatic heterocycles. The van der Waals surface area contributed by atoms with Crippen LogP contribution in [0.25, 0.3) is 11.3 Å². The largest absolute Gasteiger partial charge is 0.384 e. The van der Waals surface area contributed by atoms with Crippen molar-refractivity contribution in [2.45, 2.75) is 13.0 Å². The lowest BCUT2D eigenvalue weighted by Crippen LogP contribution is -2.01. The van der Waals surface area contributed by atoms with Crippen LogP contribution in [0, 0.1) is 0 Å². The van der Waals surface area contributed by atoms with Crippen LogP contribution >= 0.6 is 23.2 Å². The Hall–Kier alpha value is -2.04. The zero-order valence-corrected chi connectivity index (χ0v) is 13.8. The molecule has 0 amide bonds. The first-order valence-corrected chi connectivity index (χ1v) is 8.16. The number of fused-ring (bicyclic) bond motifs is 1. The summed E-state index contributed by atoms with van der Waals surface area (Å²) in [6.45, 7) is 1.54. The molecule has 0 bridgehead atoms. The molecule has 0 spiro atoms. The Kier molecular flexibility index (Phi) is 3.71. The monoisotopic (exact) mass is 344 g/mol. The topological polar surface area (TPSA) is 42.7 Å². The Bertz CT molecular complexity index is 873. The van der Waals surface area contributed by atoms with Crippen molar-refractivity contribution in [3.63, 3.8) is 0 Å². The van der Waals surface area contributed by atoms with Crippen LogP contribution in [-0.4, -0.2) is 21.5 Å². The molecule has 0 fully saturated rings. The van der Waals surface area contributed by atoms with E-state index in [0.29, 0.717) is 16.6 Å². The van der Waals surface area contributed by atoms with Gasteiger partial charge in [-0.05, 0) is 29.7 Å². The Balaban J connectivity index is 1.61. The molecule has 0 saturated heterocycles. The van der Waals surface area contributed by atoms with Gasteiger partial charge in [-0.15, -0.1) is 5.10 Å². The average molecular weight is 345 g/mol. The van der Waals surface area contributed by atoms with Gasteiger partial charge in [0.15, 0.2) is 0 Å². The van der Waals surface area contributed by atoms with Crippen molar-refractivity contribution in [1.29, 1.82) is 0 Å². The summed E-state index contributed by atoms with van der Waals surface area (Å²) < 4.78 is 1.77. The average Bonchev–Trinajstić information content (AvgIpc) is 3.20. The minimum atomic E-state index is 0.537. The van der Waals surface area contributed by atoms with E-state index in [4.69, 9.17) is 23.2 Å². The molecule has 4 rings (SSSR count). The highest BCUT2D eigenvalue weighted by Gasteiger charge is 2.13. The van der Waals surface area contributed by atoms with E-state index in [0.717, 1.165) is 29.8 Å². The van der Waals surface area contributed by atoms with Gasteiger partial charge in [0.2, 0.25) is 0 Å².